The van der Waals surface area contributed by atoms with Gasteiger partial charge in [0.05, 0.1) is 42.4 Å². The molecule has 0 spiro atoms. The number of aryl methyl sites for hydroxylation is 1. The van der Waals surface area contributed by atoms with E-state index < -0.39 is 47.9 Å². The minimum absolute atomic E-state index is 0.0139. The summed E-state index contributed by atoms with van der Waals surface area (Å²) in [4.78, 5) is 25.8. The van der Waals surface area contributed by atoms with Crippen LogP contribution in [-0.2, 0) is 32.8 Å². The van der Waals surface area contributed by atoms with Gasteiger partial charge in [0.15, 0.2) is 5.65 Å². The van der Waals surface area contributed by atoms with Gasteiger partial charge in [0.1, 0.15) is 28.6 Å². The molecule has 0 aliphatic rings. The molecular formula is C40H29F3N6O5S2. The Kier molecular flexibility index (Phi) is 9.09. The number of carbonyl (C=O) groups excluding carboxylic acids is 1. The fourth-order valence-corrected chi connectivity index (χ4v) is 9.07. The van der Waals surface area contributed by atoms with E-state index >= 15 is 0 Å². The number of nitrogens with zero attached hydrogens (tertiary/aromatic N) is 4. The molecule has 0 saturated carbocycles. The van der Waals surface area contributed by atoms with Crippen molar-refractivity contribution in [2.75, 3.05) is 0 Å². The van der Waals surface area contributed by atoms with E-state index in [1.54, 1.807) is 59.5 Å². The van der Waals surface area contributed by atoms with Crippen molar-refractivity contribution in [3.05, 3.63) is 162 Å². The number of sulfone groups is 2. The van der Waals surface area contributed by atoms with Crippen LogP contribution in [0.1, 0.15) is 27.0 Å². The average Bonchev–Trinajstić information content (AvgIpc) is 3.65. The van der Waals surface area contributed by atoms with Gasteiger partial charge in [-0.05, 0) is 90.3 Å². The number of amides is 1. The predicted octanol–water partition coefficient (Wildman–Crippen LogP) is 7.10. The summed E-state index contributed by atoms with van der Waals surface area (Å²) < 4.78 is 98.0. The molecule has 282 valence electrons. The normalized spacial score (nSPS) is 12.1. The molecule has 0 atom stereocenters. The Labute approximate surface area is 317 Å². The number of nitrogens with one attached hydrogen (secondary N) is 2. The van der Waals surface area contributed by atoms with E-state index in [0.29, 0.717) is 45.0 Å². The molecule has 2 N–H and O–H groups in total. The quantitative estimate of drug-likeness (QED) is 0.148. The molecule has 2 bridgehead atoms. The third kappa shape index (κ3) is 6.73. The number of fused-ring (bicyclic) bond motifs is 3. The summed E-state index contributed by atoms with van der Waals surface area (Å²) >= 11 is 0. The molecule has 4 aromatic carbocycles. The third-order valence-corrected chi connectivity index (χ3v) is 12.8. The predicted molar refractivity (Wildman–Crippen MR) is 201 cm³/mol. The molecule has 0 saturated heterocycles. The van der Waals surface area contributed by atoms with Crippen LogP contribution in [0.2, 0.25) is 0 Å². The highest BCUT2D eigenvalue weighted by Crippen LogP contribution is 2.28. The SMILES string of the molecule is Cc1cc(S(=O)(=O)c2ccc(CNC(=O)c3cn4ccnc4c4[nH]c5ccc(cn5)n(Cc5ccc(S(=O)(=O)c6cc(F)cc(F)c6)cc5)c34)cc2)ccc1F. The Hall–Kier alpha value is -6.52. The van der Waals surface area contributed by atoms with Crippen molar-refractivity contribution in [1.29, 1.82) is 0 Å². The van der Waals surface area contributed by atoms with Crippen LogP contribution < -0.4 is 5.32 Å². The maximum Gasteiger partial charge on any atom is 0.255 e. The number of rotatable bonds is 9. The number of imidazole rings is 1. The van der Waals surface area contributed by atoms with E-state index in [-0.39, 0.29) is 38.9 Å². The molecule has 0 radical (unpaired) electrons. The van der Waals surface area contributed by atoms with Gasteiger partial charge in [-0.1, -0.05) is 24.3 Å². The van der Waals surface area contributed by atoms with Gasteiger partial charge >= 0.3 is 0 Å². The number of aromatic amines is 1. The maximum absolute atomic E-state index is 14.2. The largest absolute Gasteiger partial charge is 0.348 e. The van der Waals surface area contributed by atoms with Gasteiger partial charge in [-0.3, -0.25) is 4.79 Å². The molecule has 1 amide bonds. The van der Waals surface area contributed by atoms with Crippen LogP contribution in [0.25, 0.3) is 27.8 Å². The Balaban J connectivity index is 1.14. The highest BCUT2D eigenvalue weighted by Gasteiger charge is 2.22. The number of hydrogen-bond donors (Lipinski definition) is 2. The van der Waals surface area contributed by atoms with Crippen LogP contribution in [0, 0.1) is 24.4 Å². The molecule has 16 heteroatoms. The van der Waals surface area contributed by atoms with Gasteiger partial charge in [-0.2, -0.15) is 0 Å². The molecular weight excluding hydrogens is 766 g/mol. The van der Waals surface area contributed by atoms with Crippen LogP contribution in [0.3, 0.4) is 0 Å². The van der Waals surface area contributed by atoms with E-state index in [0.717, 1.165) is 18.2 Å². The first-order valence-corrected chi connectivity index (χ1v) is 19.9. The third-order valence-electron chi connectivity index (χ3n) is 9.33. The Morgan fingerprint density at radius 2 is 1.39 bits per heavy atom. The minimum Gasteiger partial charge on any atom is -0.348 e. The second-order valence-corrected chi connectivity index (χ2v) is 16.9. The van der Waals surface area contributed by atoms with Crippen molar-refractivity contribution < 1.29 is 34.8 Å². The Morgan fingerprint density at radius 3 is 2.04 bits per heavy atom. The number of H-pyrrole nitrogens is 1. The first-order valence-electron chi connectivity index (χ1n) is 17.0. The lowest BCUT2D eigenvalue weighted by Crippen LogP contribution is -2.24. The zero-order valence-electron chi connectivity index (χ0n) is 29.2. The minimum atomic E-state index is -4.24. The fraction of sp³-hybridized carbons (Fsp3) is 0.0750. The molecule has 0 unspecified atom stereocenters. The summed E-state index contributed by atoms with van der Waals surface area (Å²) in [5.41, 5.74) is 4.25. The maximum atomic E-state index is 14.2. The lowest BCUT2D eigenvalue weighted by Gasteiger charge is -2.18. The summed E-state index contributed by atoms with van der Waals surface area (Å²) in [6.45, 7) is 1.66. The van der Waals surface area contributed by atoms with Crippen LogP contribution in [0.15, 0.2) is 141 Å². The summed E-state index contributed by atoms with van der Waals surface area (Å²) in [5.74, 6) is -3.00. The zero-order valence-corrected chi connectivity index (χ0v) is 30.9. The van der Waals surface area contributed by atoms with Crippen molar-refractivity contribution in [3.63, 3.8) is 0 Å². The van der Waals surface area contributed by atoms with Crippen LogP contribution in [0.5, 0.6) is 0 Å². The summed E-state index contributed by atoms with van der Waals surface area (Å²) in [5, 5.41) is 2.93. The van der Waals surface area contributed by atoms with E-state index in [2.05, 4.69) is 20.3 Å². The first-order chi connectivity index (χ1) is 26.8. The highest BCUT2D eigenvalue weighted by molar-refractivity contribution is 7.91. The van der Waals surface area contributed by atoms with Gasteiger partial charge in [0.25, 0.3) is 5.91 Å². The zero-order chi connectivity index (χ0) is 39.4. The summed E-state index contributed by atoms with van der Waals surface area (Å²) in [6, 6.07) is 21.2. The van der Waals surface area contributed by atoms with Crippen LogP contribution >= 0.6 is 0 Å². The molecule has 0 aliphatic heterocycles. The molecule has 5 heterocycles. The lowest BCUT2D eigenvalue weighted by atomic mass is 10.1. The summed E-state index contributed by atoms with van der Waals surface area (Å²) in [7, 11) is -8.16. The van der Waals surface area contributed by atoms with E-state index in [9.17, 15) is 34.8 Å². The number of hydrogen-bond acceptors (Lipinski definition) is 7. The number of halogens is 3. The molecule has 0 fully saturated rings. The van der Waals surface area contributed by atoms with Gasteiger partial charge in [0, 0.05) is 37.7 Å². The van der Waals surface area contributed by atoms with Gasteiger partial charge in [-0.25, -0.2) is 40.0 Å². The average molecular weight is 795 g/mol. The van der Waals surface area contributed by atoms with Crippen LogP contribution in [-0.4, -0.2) is 46.7 Å². The van der Waals surface area contributed by atoms with Crippen LogP contribution in [0.4, 0.5) is 13.2 Å². The second kappa shape index (κ2) is 14.0. The molecule has 9 rings (SSSR count). The standard InChI is InChI=1S/C40H29F3N6O5S2/c1-24-16-32(11-12-35(24)43)55(51,52)30-7-2-25(3-8-30)20-46-40(50)34-23-48-15-14-44-39(48)37-38(34)49(29-6-13-36(47-37)45-21-29)22-26-4-9-31(10-5-26)56(53,54)33-18-27(41)17-28(42)19-33/h2-19,21,23H,20,22H2,1H3,(H,45,47)(H,46,50). The molecule has 11 nitrogen and oxygen atoms in total. The molecule has 56 heavy (non-hydrogen) atoms. The topological polar surface area (TPSA) is 148 Å². The van der Waals surface area contributed by atoms with Crippen molar-refractivity contribution in [2.45, 2.75) is 39.6 Å². The van der Waals surface area contributed by atoms with E-state index in [1.807, 2.05) is 10.6 Å². The fourth-order valence-electron chi connectivity index (χ4n) is 6.42. The second-order valence-electron chi connectivity index (χ2n) is 13.0. The molecule has 0 aliphatic carbocycles. The molecule has 9 aromatic rings. The van der Waals surface area contributed by atoms with Gasteiger partial charge in [0.2, 0.25) is 19.7 Å². The highest BCUT2D eigenvalue weighted by atomic mass is 32.2. The van der Waals surface area contributed by atoms with Crippen molar-refractivity contribution >= 4 is 53.4 Å². The van der Waals surface area contributed by atoms with Crippen molar-refractivity contribution in [2.24, 2.45) is 0 Å². The summed E-state index contributed by atoms with van der Waals surface area (Å²) in [6.07, 6.45) is 6.55. The number of aromatic nitrogens is 5. The number of pyridine rings is 2. The first kappa shape index (κ1) is 36.5. The Morgan fingerprint density at radius 1 is 0.750 bits per heavy atom. The lowest BCUT2D eigenvalue weighted by molar-refractivity contribution is 0.0951. The van der Waals surface area contributed by atoms with Gasteiger partial charge < -0.3 is 19.3 Å². The number of benzene rings is 4. The number of carbonyl (C=O) groups is 1. The van der Waals surface area contributed by atoms with Crippen molar-refractivity contribution in [1.82, 2.24) is 29.2 Å². The van der Waals surface area contributed by atoms with E-state index in [4.69, 9.17) is 0 Å². The van der Waals surface area contributed by atoms with E-state index in [1.165, 1.54) is 43.3 Å². The molecule has 5 aromatic heterocycles. The van der Waals surface area contributed by atoms with Crippen molar-refractivity contribution in [3.8, 4) is 0 Å². The monoisotopic (exact) mass is 794 g/mol. The smallest absolute Gasteiger partial charge is 0.255 e. The Bertz CT molecular complexity index is 3060. The van der Waals surface area contributed by atoms with Gasteiger partial charge in [-0.15, -0.1) is 0 Å².